The summed E-state index contributed by atoms with van der Waals surface area (Å²) in [6.45, 7) is 4.96. The number of aromatic nitrogens is 4. The molecule has 0 bridgehead atoms. The predicted octanol–water partition coefficient (Wildman–Crippen LogP) is 1.28. The van der Waals surface area contributed by atoms with Gasteiger partial charge in [0.2, 0.25) is 21.9 Å². The molecule has 2 aliphatic rings. The molecule has 0 saturated carbocycles. The van der Waals surface area contributed by atoms with Gasteiger partial charge in [-0.05, 0) is 62.8 Å². The highest BCUT2D eigenvalue weighted by atomic mass is 32.2. The molecule has 1 amide bonds. The highest BCUT2D eigenvalue weighted by Gasteiger charge is 2.31. The van der Waals surface area contributed by atoms with E-state index in [0.29, 0.717) is 29.5 Å². The van der Waals surface area contributed by atoms with Crippen LogP contribution in [0.3, 0.4) is 0 Å². The molecular weight excluding hydrogens is 454 g/mol. The standard InChI is InChI=1S/C23H29N7O3S/c1-15-20(16(2)30-23(25-15)26-22(24)27-30)14-21(31)28-9-11-29(12-10-28)34(32,33)19-8-7-17-5-3-4-6-18(17)13-19/h7-8,13H,3-6,9-12,14H2,1-2H3,(H2,24,27). The molecule has 180 valence electrons. The van der Waals surface area contributed by atoms with E-state index >= 15 is 0 Å². The summed E-state index contributed by atoms with van der Waals surface area (Å²) in [6, 6.07) is 5.52. The lowest BCUT2D eigenvalue weighted by molar-refractivity contribution is -0.131. The van der Waals surface area contributed by atoms with Crippen LogP contribution in [0.15, 0.2) is 23.1 Å². The maximum Gasteiger partial charge on any atom is 0.254 e. The van der Waals surface area contributed by atoms with Crippen molar-refractivity contribution in [2.75, 3.05) is 31.9 Å². The van der Waals surface area contributed by atoms with Gasteiger partial charge in [-0.1, -0.05) is 6.07 Å². The van der Waals surface area contributed by atoms with Crippen molar-refractivity contribution >= 4 is 27.7 Å². The van der Waals surface area contributed by atoms with Crippen LogP contribution in [0.5, 0.6) is 0 Å². The van der Waals surface area contributed by atoms with Crippen molar-refractivity contribution in [2.45, 2.75) is 50.8 Å². The summed E-state index contributed by atoms with van der Waals surface area (Å²) in [5.74, 6) is 0.477. The van der Waals surface area contributed by atoms with Gasteiger partial charge in [0.05, 0.1) is 11.3 Å². The average molecular weight is 484 g/mol. The van der Waals surface area contributed by atoms with E-state index in [1.165, 1.54) is 9.87 Å². The van der Waals surface area contributed by atoms with Crippen molar-refractivity contribution in [3.63, 3.8) is 0 Å². The number of amides is 1. The number of nitrogens with zero attached hydrogens (tertiary/aromatic N) is 6. The summed E-state index contributed by atoms with van der Waals surface area (Å²) >= 11 is 0. The second-order valence-corrected chi connectivity index (χ2v) is 11.0. The van der Waals surface area contributed by atoms with E-state index in [-0.39, 0.29) is 31.4 Å². The highest BCUT2D eigenvalue weighted by Crippen LogP contribution is 2.26. The van der Waals surface area contributed by atoms with Crippen molar-refractivity contribution in [1.29, 1.82) is 0 Å². The molecule has 1 fully saturated rings. The third-order valence-corrected chi connectivity index (χ3v) is 8.84. The number of piperazine rings is 1. The van der Waals surface area contributed by atoms with Crippen molar-refractivity contribution in [3.8, 4) is 0 Å². The normalized spacial score (nSPS) is 17.2. The Hall–Kier alpha value is -3.05. The smallest absolute Gasteiger partial charge is 0.254 e. The van der Waals surface area contributed by atoms with Crippen molar-refractivity contribution < 1.29 is 13.2 Å². The van der Waals surface area contributed by atoms with E-state index in [0.717, 1.165) is 42.5 Å². The Morgan fingerprint density at radius 1 is 1.03 bits per heavy atom. The van der Waals surface area contributed by atoms with Crippen molar-refractivity contribution in [3.05, 3.63) is 46.3 Å². The lowest BCUT2D eigenvalue weighted by Gasteiger charge is -2.34. The number of anilines is 1. The maximum absolute atomic E-state index is 13.2. The van der Waals surface area contributed by atoms with Gasteiger partial charge in [0.15, 0.2) is 0 Å². The van der Waals surface area contributed by atoms with Crippen LogP contribution in [0.1, 0.15) is 40.9 Å². The molecule has 2 N–H and O–H groups in total. The minimum Gasteiger partial charge on any atom is -0.366 e. The predicted molar refractivity (Wildman–Crippen MR) is 127 cm³/mol. The van der Waals surface area contributed by atoms with E-state index in [1.807, 2.05) is 26.0 Å². The zero-order valence-corrected chi connectivity index (χ0v) is 20.3. The zero-order valence-electron chi connectivity index (χ0n) is 19.5. The summed E-state index contributed by atoms with van der Waals surface area (Å²) in [4.78, 5) is 23.6. The van der Waals surface area contributed by atoms with Gasteiger partial charge in [-0.15, -0.1) is 5.10 Å². The number of fused-ring (bicyclic) bond motifs is 2. The Balaban J connectivity index is 1.27. The Labute approximate surface area is 198 Å². The molecule has 1 aromatic carbocycles. The summed E-state index contributed by atoms with van der Waals surface area (Å²) in [7, 11) is -3.58. The van der Waals surface area contributed by atoms with Crippen LogP contribution < -0.4 is 5.73 Å². The Bertz CT molecular complexity index is 1370. The molecule has 3 heterocycles. The van der Waals surface area contributed by atoms with Gasteiger partial charge >= 0.3 is 0 Å². The van der Waals surface area contributed by atoms with Gasteiger partial charge in [-0.2, -0.15) is 13.8 Å². The molecule has 0 spiro atoms. The van der Waals surface area contributed by atoms with Crippen molar-refractivity contribution in [1.82, 2.24) is 28.8 Å². The largest absolute Gasteiger partial charge is 0.366 e. The number of carbonyl (C=O) groups excluding carboxylic acids is 1. The van der Waals surface area contributed by atoms with E-state index in [2.05, 4.69) is 15.1 Å². The van der Waals surface area contributed by atoms with Gasteiger partial charge in [-0.3, -0.25) is 4.79 Å². The molecule has 0 unspecified atom stereocenters. The third kappa shape index (κ3) is 4.03. The molecule has 2 aromatic heterocycles. The van der Waals surface area contributed by atoms with E-state index < -0.39 is 10.0 Å². The first kappa shape index (κ1) is 22.7. The number of aryl methyl sites for hydroxylation is 4. The van der Waals surface area contributed by atoms with Gasteiger partial charge in [-0.25, -0.2) is 13.4 Å². The SMILES string of the molecule is Cc1nc2nc(N)nn2c(C)c1CC(=O)N1CCN(S(=O)(=O)c2ccc3c(c2)CCCC3)CC1. The van der Waals surface area contributed by atoms with Crippen LogP contribution in [0.2, 0.25) is 0 Å². The van der Waals surface area contributed by atoms with Crippen molar-refractivity contribution in [2.24, 2.45) is 0 Å². The quantitative estimate of drug-likeness (QED) is 0.592. The molecule has 0 atom stereocenters. The summed E-state index contributed by atoms with van der Waals surface area (Å²) in [5, 5.41) is 4.15. The molecule has 0 radical (unpaired) electrons. The van der Waals surface area contributed by atoms with Gasteiger partial charge in [0.25, 0.3) is 5.78 Å². The fourth-order valence-corrected chi connectivity index (χ4v) is 6.41. The van der Waals surface area contributed by atoms with Crippen LogP contribution in [0, 0.1) is 13.8 Å². The van der Waals surface area contributed by atoms with Crippen LogP contribution in [-0.2, 0) is 34.1 Å². The molecule has 3 aromatic rings. The van der Waals surface area contributed by atoms with Crippen LogP contribution >= 0.6 is 0 Å². The topological polar surface area (TPSA) is 127 Å². The average Bonchev–Trinajstić information content (AvgIpc) is 3.21. The van der Waals surface area contributed by atoms with Crippen LogP contribution in [-0.4, -0.2) is 69.3 Å². The minimum atomic E-state index is -3.58. The number of carbonyl (C=O) groups is 1. The summed E-state index contributed by atoms with van der Waals surface area (Å²) in [5.41, 5.74) is 10.4. The second kappa shape index (κ2) is 8.62. The second-order valence-electron chi connectivity index (χ2n) is 9.04. The molecule has 1 aliphatic carbocycles. The first-order chi connectivity index (χ1) is 16.2. The number of nitrogens with two attached hydrogens (primary N) is 1. The minimum absolute atomic E-state index is 0.0636. The molecular formula is C23H29N7O3S. The molecule has 10 nitrogen and oxygen atoms in total. The lowest BCUT2D eigenvalue weighted by atomic mass is 9.92. The van der Waals surface area contributed by atoms with E-state index in [1.54, 1.807) is 15.5 Å². The monoisotopic (exact) mass is 483 g/mol. The lowest BCUT2D eigenvalue weighted by Crippen LogP contribution is -2.51. The Morgan fingerprint density at radius 2 is 1.74 bits per heavy atom. The fourth-order valence-electron chi connectivity index (χ4n) is 4.94. The highest BCUT2D eigenvalue weighted by molar-refractivity contribution is 7.89. The molecule has 11 heteroatoms. The third-order valence-electron chi connectivity index (χ3n) is 6.94. The zero-order chi connectivity index (χ0) is 24.0. The number of hydrogen-bond donors (Lipinski definition) is 1. The van der Waals surface area contributed by atoms with Gasteiger partial charge in [0.1, 0.15) is 0 Å². The fraction of sp³-hybridized carbons (Fsp3) is 0.478. The van der Waals surface area contributed by atoms with E-state index in [9.17, 15) is 13.2 Å². The molecule has 1 saturated heterocycles. The molecule has 5 rings (SSSR count). The first-order valence-corrected chi connectivity index (χ1v) is 13.1. The Morgan fingerprint density at radius 3 is 2.47 bits per heavy atom. The van der Waals surface area contributed by atoms with Crippen LogP contribution in [0.25, 0.3) is 5.78 Å². The van der Waals surface area contributed by atoms with Gasteiger partial charge in [0, 0.05) is 43.1 Å². The van der Waals surface area contributed by atoms with Crippen LogP contribution in [0.4, 0.5) is 5.95 Å². The number of hydrogen-bond acceptors (Lipinski definition) is 7. The number of rotatable bonds is 4. The summed E-state index contributed by atoms with van der Waals surface area (Å²) in [6.07, 6.45) is 4.37. The number of sulfonamides is 1. The maximum atomic E-state index is 13.2. The molecule has 1 aliphatic heterocycles. The Kier molecular flexibility index (Phi) is 5.76. The summed E-state index contributed by atoms with van der Waals surface area (Å²) < 4.78 is 29.5. The van der Waals surface area contributed by atoms with Gasteiger partial charge < -0.3 is 10.6 Å². The molecule has 34 heavy (non-hydrogen) atoms. The van der Waals surface area contributed by atoms with E-state index in [4.69, 9.17) is 5.73 Å². The number of nitrogen functional groups attached to an aromatic ring is 1. The number of benzene rings is 1. The first-order valence-electron chi connectivity index (χ1n) is 11.6.